The number of ether oxygens (including phenoxy) is 3. The van der Waals surface area contributed by atoms with Gasteiger partial charge in [-0.3, -0.25) is 4.79 Å². The minimum Gasteiger partial charge on any atom is -0.497 e. The Hall–Kier alpha value is -2.69. The molecule has 1 aliphatic rings. The normalized spacial score (nSPS) is 18.4. The highest BCUT2D eigenvalue weighted by atomic mass is 16.5. The van der Waals surface area contributed by atoms with E-state index in [1.165, 1.54) is 0 Å². The third-order valence-corrected chi connectivity index (χ3v) is 5.02. The summed E-state index contributed by atoms with van der Waals surface area (Å²) < 4.78 is 17.5. The summed E-state index contributed by atoms with van der Waals surface area (Å²) in [5.41, 5.74) is 1.56. The predicted octanol–water partition coefficient (Wildman–Crippen LogP) is 4.58. The van der Waals surface area contributed by atoms with Gasteiger partial charge in [0.15, 0.2) is 6.10 Å². The molecule has 3 rings (SSSR count). The number of hydrogen-bond donors (Lipinski definition) is 1. The predicted molar refractivity (Wildman–Crippen MR) is 109 cm³/mol. The fourth-order valence-corrected chi connectivity index (χ4v) is 3.52. The van der Waals surface area contributed by atoms with Gasteiger partial charge >= 0.3 is 0 Å². The largest absolute Gasteiger partial charge is 0.497 e. The smallest absolute Gasteiger partial charge is 0.261 e. The summed E-state index contributed by atoms with van der Waals surface area (Å²) in [5.74, 6) is 2.13. The first-order valence-corrected chi connectivity index (χ1v) is 9.72. The van der Waals surface area contributed by atoms with Gasteiger partial charge in [-0.05, 0) is 57.0 Å². The third kappa shape index (κ3) is 4.41. The SMILES string of the molecule is CC[C@@H](Oc1ccccc1C)C(=O)N[C@H]1CC(C)(C)Oc2ccc(OC)cc21. The van der Waals surface area contributed by atoms with E-state index in [2.05, 4.69) is 5.32 Å². The highest BCUT2D eigenvalue weighted by molar-refractivity contribution is 5.81. The molecule has 0 fully saturated rings. The average molecular weight is 383 g/mol. The van der Waals surface area contributed by atoms with Gasteiger partial charge in [-0.15, -0.1) is 0 Å². The van der Waals surface area contributed by atoms with Crippen LogP contribution in [0.4, 0.5) is 0 Å². The van der Waals surface area contributed by atoms with E-state index in [0.717, 1.165) is 28.4 Å². The number of para-hydroxylation sites is 1. The molecule has 0 spiro atoms. The summed E-state index contributed by atoms with van der Waals surface area (Å²) in [5, 5.41) is 3.17. The van der Waals surface area contributed by atoms with Gasteiger partial charge in [0.25, 0.3) is 5.91 Å². The molecule has 150 valence electrons. The van der Waals surface area contributed by atoms with Gasteiger partial charge in [0.05, 0.1) is 13.2 Å². The number of aryl methyl sites for hydroxylation is 1. The summed E-state index contributed by atoms with van der Waals surface area (Å²) in [6, 6.07) is 13.3. The Morgan fingerprint density at radius 1 is 1.29 bits per heavy atom. The lowest BCUT2D eigenvalue weighted by Gasteiger charge is -2.38. The molecular formula is C23H29NO4. The lowest BCUT2D eigenvalue weighted by atomic mass is 9.89. The van der Waals surface area contributed by atoms with Crippen molar-refractivity contribution in [1.29, 1.82) is 0 Å². The van der Waals surface area contributed by atoms with Crippen LogP contribution < -0.4 is 19.5 Å². The molecule has 2 aromatic rings. The number of carbonyl (C=O) groups is 1. The number of fused-ring (bicyclic) bond motifs is 1. The van der Waals surface area contributed by atoms with E-state index in [1.807, 2.05) is 70.2 Å². The fourth-order valence-electron chi connectivity index (χ4n) is 3.52. The highest BCUT2D eigenvalue weighted by Crippen LogP contribution is 2.41. The van der Waals surface area contributed by atoms with E-state index in [1.54, 1.807) is 7.11 Å². The molecule has 1 N–H and O–H groups in total. The molecule has 28 heavy (non-hydrogen) atoms. The van der Waals surface area contributed by atoms with Crippen LogP contribution >= 0.6 is 0 Å². The van der Waals surface area contributed by atoms with Crippen LogP contribution in [0.1, 0.15) is 50.8 Å². The van der Waals surface area contributed by atoms with E-state index in [0.29, 0.717) is 12.8 Å². The Morgan fingerprint density at radius 2 is 2.04 bits per heavy atom. The second kappa shape index (κ2) is 8.13. The topological polar surface area (TPSA) is 56.8 Å². The van der Waals surface area contributed by atoms with Gasteiger partial charge in [0.2, 0.25) is 0 Å². The van der Waals surface area contributed by atoms with E-state index in [-0.39, 0.29) is 17.6 Å². The van der Waals surface area contributed by atoms with Crippen molar-refractivity contribution < 1.29 is 19.0 Å². The lowest BCUT2D eigenvalue weighted by molar-refractivity contribution is -0.129. The van der Waals surface area contributed by atoms with E-state index in [4.69, 9.17) is 14.2 Å². The standard InChI is InChI=1S/C23H29NO4/c1-6-19(27-20-10-8-7-9-15(20)2)22(25)24-18-14-23(3,4)28-21-12-11-16(26-5)13-17(18)21/h7-13,18-19H,6,14H2,1-5H3,(H,24,25)/t18-,19+/m0/s1. The van der Waals surface area contributed by atoms with E-state index < -0.39 is 6.10 Å². The Labute approximate surface area is 167 Å². The van der Waals surface area contributed by atoms with Crippen molar-refractivity contribution in [2.75, 3.05) is 7.11 Å². The number of benzene rings is 2. The third-order valence-electron chi connectivity index (χ3n) is 5.02. The van der Waals surface area contributed by atoms with Crippen molar-refractivity contribution in [2.24, 2.45) is 0 Å². The van der Waals surface area contributed by atoms with E-state index >= 15 is 0 Å². The molecule has 0 bridgehead atoms. The van der Waals surface area contributed by atoms with Gasteiger partial charge in [-0.25, -0.2) is 0 Å². The van der Waals surface area contributed by atoms with Gasteiger partial charge in [-0.1, -0.05) is 25.1 Å². The molecule has 0 unspecified atom stereocenters. The zero-order valence-corrected chi connectivity index (χ0v) is 17.2. The summed E-state index contributed by atoms with van der Waals surface area (Å²) in [6.45, 7) is 7.98. The first-order valence-electron chi connectivity index (χ1n) is 9.72. The van der Waals surface area contributed by atoms with Crippen LogP contribution in [0.5, 0.6) is 17.2 Å². The van der Waals surface area contributed by atoms with Gasteiger partial charge in [0.1, 0.15) is 22.8 Å². The lowest BCUT2D eigenvalue weighted by Crippen LogP contribution is -2.45. The van der Waals surface area contributed by atoms with Crippen molar-refractivity contribution in [3.8, 4) is 17.2 Å². The van der Waals surface area contributed by atoms with Crippen LogP contribution in [-0.4, -0.2) is 24.7 Å². The van der Waals surface area contributed by atoms with Crippen LogP contribution in [0.15, 0.2) is 42.5 Å². The maximum Gasteiger partial charge on any atom is 0.261 e. The number of amides is 1. The minimum atomic E-state index is -0.555. The molecule has 2 aromatic carbocycles. The van der Waals surface area contributed by atoms with Crippen LogP contribution in [-0.2, 0) is 4.79 Å². The zero-order chi connectivity index (χ0) is 20.3. The number of nitrogens with one attached hydrogen (secondary N) is 1. The first kappa shape index (κ1) is 20.1. The summed E-state index contributed by atoms with van der Waals surface area (Å²) in [7, 11) is 1.63. The number of methoxy groups -OCH3 is 1. The summed E-state index contributed by atoms with van der Waals surface area (Å²) >= 11 is 0. The molecule has 1 amide bonds. The molecule has 5 heteroatoms. The molecule has 1 heterocycles. The monoisotopic (exact) mass is 383 g/mol. The molecule has 2 atom stereocenters. The van der Waals surface area contributed by atoms with Crippen molar-refractivity contribution in [2.45, 2.75) is 58.3 Å². The Balaban J connectivity index is 1.81. The molecule has 0 radical (unpaired) electrons. The minimum absolute atomic E-state index is 0.123. The summed E-state index contributed by atoms with van der Waals surface area (Å²) in [6.07, 6.45) is 0.693. The Bertz CT molecular complexity index is 846. The molecule has 0 saturated heterocycles. The fraction of sp³-hybridized carbons (Fsp3) is 0.435. The second-order valence-electron chi connectivity index (χ2n) is 7.81. The summed E-state index contributed by atoms with van der Waals surface area (Å²) in [4.78, 5) is 13.0. The molecule has 0 aromatic heterocycles. The molecule has 1 aliphatic heterocycles. The van der Waals surface area contributed by atoms with Gasteiger partial charge in [0, 0.05) is 12.0 Å². The van der Waals surface area contributed by atoms with Crippen LogP contribution in [0, 0.1) is 6.92 Å². The highest BCUT2D eigenvalue weighted by Gasteiger charge is 2.36. The Kier molecular flexibility index (Phi) is 5.82. The zero-order valence-electron chi connectivity index (χ0n) is 17.2. The molecule has 5 nitrogen and oxygen atoms in total. The van der Waals surface area contributed by atoms with E-state index in [9.17, 15) is 4.79 Å². The van der Waals surface area contributed by atoms with Gasteiger partial charge in [-0.2, -0.15) is 0 Å². The quantitative estimate of drug-likeness (QED) is 0.793. The second-order valence-corrected chi connectivity index (χ2v) is 7.81. The number of carbonyl (C=O) groups excluding carboxylic acids is 1. The van der Waals surface area contributed by atoms with Crippen molar-refractivity contribution in [1.82, 2.24) is 5.32 Å². The van der Waals surface area contributed by atoms with Gasteiger partial charge < -0.3 is 19.5 Å². The van der Waals surface area contributed by atoms with Crippen LogP contribution in [0.2, 0.25) is 0 Å². The van der Waals surface area contributed by atoms with Crippen molar-refractivity contribution in [3.05, 3.63) is 53.6 Å². The molecule has 0 saturated carbocycles. The number of rotatable bonds is 6. The number of hydrogen-bond acceptors (Lipinski definition) is 4. The molecule has 0 aliphatic carbocycles. The maximum atomic E-state index is 13.0. The maximum absolute atomic E-state index is 13.0. The van der Waals surface area contributed by atoms with Crippen LogP contribution in [0.25, 0.3) is 0 Å². The first-order chi connectivity index (χ1) is 13.3. The molecular weight excluding hydrogens is 354 g/mol. The van der Waals surface area contributed by atoms with Crippen LogP contribution in [0.3, 0.4) is 0 Å². The van der Waals surface area contributed by atoms with Crippen molar-refractivity contribution >= 4 is 5.91 Å². The Morgan fingerprint density at radius 3 is 2.71 bits per heavy atom. The van der Waals surface area contributed by atoms with Crippen molar-refractivity contribution in [3.63, 3.8) is 0 Å². The average Bonchev–Trinajstić information content (AvgIpc) is 2.66.